The number of hydrogen-bond acceptors (Lipinski definition) is 1. The largest absolute Gasteiger partial charge is 0.347 e. The number of rotatable bonds is 5. The standard InChI is InChI=1S/C13H16BrClINO/c1-3-13(2,6-7-15)17-12(18)10-8-9(14)4-5-11(10)16/h4-5,8H,3,6-7H2,1-2H3,(H,17,18). The Morgan fingerprint density at radius 3 is 2.78 bits per heavy atom. The average molecular weight is 445 g/mol. The molecule has 0 aliphatic heterocycles. The summed E-state index contributed by atoms with van der Waals surface area (Å²) >= 11 is 11.3. The van der Waals surface area contributed by atoms with Crippen molar-refractivity contribution in [3.63, 3.8) is 0 Å². The van der Waals surface area contributed by atoms with Crippen molar-refractivity contribution in [2.45, 2.75) is 32.2 Å². The molecule has 0 bridgehead atoms. The molecule has 2 nitrogen and oxygen atoms in total. The molecule has 1 N–H and O–H groups in total. The van der Waals surface area contributed by atoms with E-state index in [9.17, 15) is 4.79 Å². The molecule has 0 aliphatic carbocycles. The minimum Gasteiger partial charge on any atom is -0.347 e. The monoisotopic (exact) mass is 443 g/mol. The van der Waals surface area contributed by atoms with Crippen molar-refractivity contribution >= 4 is 56.0 Å². The van der Waals surface area contributed by atoms with Crippen LogP contribution in [0.25, 0.3) is 0 Å². The quantitative estimate of drug-likeness (QED) is 0.523. The summed E-state index contributed by atoms with van der Waals surface area (Å²) < 4.78 is 1.85. The van der Waals surface area contributed by atoms with Crippen LogP contribution < -0.4 is 5.32 Å². The van der Waals surface area contributed by atoms with E-state index in [1.165, 1.54) is 0 Å². The molecular formula is C13H16BrClINO. The van der Waals surface area contributed by atoms with E-state index in [0.29, 0.717) is 11.4 Å². The molecule has 1 aromatic carbocycles. The number of carbonyl (C=O) groups excluding carboxylic acids is 1. The fourth-order valence-electron chi connectivity index (χ4n) is 1.55. The summed E-state index contributed by atoms with van der Waals surface area (Å²) in [6, 6.07) is 5.69. The number of benzene rings is 1. The van der Waals surface area contributed by atoms with Gasteiger partial charge in [0.1, 0.15) is 0 Å². The molecule has 1 unspecified atom stereocenters. The first-order valence-corrected chi connectivity index (χ1v) is 8.16. The highest BCUT2D eigenvalue weighted by molar-refractivity contribution is 14.1. The van der Waals surface area contributed by atoms with E-state index in [4.69, 9.17) is 11.6 Å². The van der Waals surface area contributed by atoms with Crippen LogP contribution in [0.1, 0.15) is 37.0 Å². The lowest BCUT2D eigenvalue weighted by Gasteiger charge is -2.29. The van der Waals surface area contributed by atoms with Crippen LogP contribution in [0.2, 0.25) is 0 Å². The average Bonchev–Trinajstić information content (AvgIpc) is 2.32. The Balaban J connectivity index is 2.90. The number of hydrogen-bond donors (Lipinski definition) is 1. The highest BCUT2D eigenvalue weighted by Crippen LogP contribution is 2.21. The van der Waals surface area contributed by atoms with Crippen LogP contribution in [0.3, 0.4) is 0 Å². The van der Waals surface area contributed by atoms with Crippen molar-refractivity contribution < 1.29 is 4.79 Å². The Bertz CT molecular complexity index is 441. The summed E-state index contributed by atoms with van der Waals surface area (Å²) in [4.78, 5) is 12.3. The van der Waals surface area contributed by atoms with Crippen LogP contribution in [-0.2, 0) is 0 Å². The molecule has 0 saturated carbocycles. The second-order valence-corrected chi connectivity index (χ2v) is 6.89. The summed E-state index contributed by atoms with van der Waals surface area (Å²) in [6.07, 6.45) is 1.62. The van der Waals surface area contributed by atoms with Gasteiger partial charge in [-0.2, -0.15) is 0 Å². The third-order valence-corrected chi connectivity index (χ3v) is 4.64. The van der Waals surface area contributed by atoms with Gasteiger partial charge in [0.2, 0.25) is 0 Å². The zero-order valence-electron chi connectivity index (χ0n) is 10.4. The first kappa shape index (κ1) is 16.2. The third-order valence-electron chi connectivity index (χ3n) is 3.01. The van der Waals surface area contributed by atoms with E-state index in [0.717, 1.165) is 20.9 Å². The van der Waals surface area contributed by atoms with Gasteiger partial charge in [-0.15, -0.1) is 11.6 Å². The predicted molar refractivity (Wildman–Crippen MR) is 88.4 cm³/mol. The highest BCUT2D eigenvalue weighted by atomic mass is 127. The van der Waals surface area contributed by atoms with E-state index < -0.39 is 0 Å². The van der Waals surface area contributed by atoms with Crippen molar-refractivity contribution in [3.8, 4) is 0 Å². The molecule has 0 saturated heterocycles. The Morgan fingerprint density at radius 1 is 1.56 bits per heavy atom. The fraction of sp³-hybridized carbons (Fsp3) is 0.462. The van der Waals surface area contributed by atoms with Gasteiger partial charge < -0.3 is 5.32 Å². The fourth-order valence-corrected chi connectivity index (χ4v) is 2.91. The summed E-state index contributed by atoms with van der Waals surface area (Å²) in [6.45, 7) is 4.08. The minimum atomic E-state index is -0.246. The lowest BCUT2D eigenvalue weighted by molar-refractivity contribution is 0.0900. The van der Waals surface area contributed by atoms with Gasteiger partial charge >= 0.3 is 0 Å². The summed E-state index contributed by atoms with van der Waals surface area (Å²) in [5, 5.41) is 3.08. The molecule has 1 aromatic rings. The van der Waals surface area contributed by atoms with E-state index in [1.807, 2.05) is 25.1 Å². The Hall–Kier alpha value is 0.190. The molecule has 18 heavy (non-hydrogen) atoms. The summed E-state index contributed by atoms with van der Waals surface area (Å²) in [5.41, 5.74) is 0.448. The van der Waals surface area contributed by atoms with Crippen molar-refractivity contribution in [1.82, 2.24) is 5.32 Å². The van der Waals surface area contributed by atoms with Gasteiger partial charge in [0.15, 0.2) is 0 Å². The first-order valence-electron chi connectivity index (χ1n) is 5.75. The molecule has 0 radical (unpaired) electrons. The number of carbonyl (C=O) groups is 1. The van der Waals surface area contributed by atoms with Gasteiger partial charge in [0.05, 0.1) is 5.56 Å². The number of halogens is 3. The van der Waals surface area contributed by atoms with Crippen LogP contribution in [0.4, 0.5) is 0 Å². The SMILES string of the molecule is CCC(C)(CCCl)NC(=O)c1cc(Br)ccc1I. The topological polar surface area (TPSA) is 29.1 Å². The van der Waals surface area contributed by atoms with Crippen LogP contribution in [0, 0.1) is 3.57 Å². The van der Waals surface area contributed by atoms with Crippen molar-refractivity contribution in [2.75, 3.05) is 5.88 Å². The van der Waals surface area contributed by atoms with Crippen LogP contribution in [0.15, 0.2) is 22.7 Å². The Labute approximate surface area is 135 Å². The lowest BCUT2D eigenvalue weighted by Crippen LogP contribution is -2.46. The lowest BCUT2D eigenvalue weighted by atomic mass is 9.95. The number of alkyl halides is 1. The van der Waals surface area contributed by atoms with Crippen LogP contribution in [-0.4, -0.2) is 17.3 Å². The zero-order chi connectivity index (χ0) is 13.8. The molecule has 5 heteroatoms. The van der Waals surface area contributed by atoms with Gasteiger partial charge in [0, 0.05) is 19.5 Å². The maximum atomic E-state index is 12.3. The summed E-state index contributed by atoms with van der Waals surface area (Å²) in [7, 11) is 0. The van der Waals surface area contributed by atoms with Crippen LogP contribution >= 0.6 is 50.1 Å². The van der Waals surface area contributed by atoms with E-state index >= 15 is 0 Å². The number of amides is 1. The maximum Gasteiger partial charge on any atom is 0.252 e. The predicted octanol–water partition coefficient (Wildman–Crippen LogP) is 4.58. The molecule has 0 fully saturated rings. The first-order chi connectivity index (χ1) is 8.41. The van der Waals surface area contributed by atoms with Gasteiger partial charge in [-0.1, -0.05) is 22.9 Å². The molecule has 1 amide bonds. The second kappa shape index (κ2) is 7.10. The second-order valence-electron chi connectivity index (χ2n) is 4.43. The molecular weight excluding hydrogens is 428 g/mol. The number of nitrogens with one attached hydrogen (secondary N) is 1. The van der Waals surface area contributed by atoms with E-state index in [2.05, 4.69) is 50.8 Å². The minimum absolute atomic E-state index is 0.0461. The van der Waals surface area contributed by atoms with E-state index in [1.54, 1.807) is 0 Å². The van der Waals surface area contributed by atoms with Gasteiger partial charge in [0.25, 0.3) is 5.91 Å². The Morgan fingerprint density at radius 2 is 2.22 bits per heavy atom. The molecule has 100 valence electrons. The van der Waals surface area contributed by atoms with Crippen molar-refractivity contribution in [2.24, 2.45) is 0 Å². The van der Waals surface area contributed by atoms with Crippen molar-refractivity contribution in [1.29, 1.82) is 0 Å². The molecule has 0 aromatic heterocycles. The summed E-state index contributed by atoms with van der Waals surface area (Å²) in [5.74, 6) is 0.496. The van der Waals surface area contributed by atoms with Crippen molar-refractivity contribution in [3.05, 3.63) is 31.8 Å². The van der Waals surface area contributed by atoms with Crippen LogP contribution in [0.5, 0.6) is 0 Å². The molecule has 0 heterocycles. The third kappa shape index (κ3) is 4.38. The van der Waals surface area contributed by atoms with E-state index in [-0.39, 0.29) is 11.4 Å². The molecule has 0 spiro atoms. The zero-order valence-corrected chi connectivity index (χ0v) is 14.9. The Kier molecular flexibility index (Phi) is 6.41. The molecule has 1 atom stereocenters. The maximum absolute atomic E-state index is 12.3. The molecule has 1 rings (SSSR count). The van der Waals surface area contributed by atoms with Gasteiger partial charge in [-0.3, -0.25) is 4.79 Å². The van der Waals surface area contributed by atoms with Gasteiger partial charge in [-0.05, 0) is 60.6 Å². The molecule has 0 aliphatic rings. The highest BCUT2D eigenvalue weighted by Gasteiger charge is 2.25. The van der Waals surface area contributed by atoms with Gasteiger partial charge in [-0.25, -0.2) is 0 Å². The smallest absolute Gasteiger partial charge is 0.252 e. The normalized spacial score (nSPS) is 14.1.